The molecule has 4 nitrogen and oxygen atoms in total. The standard InChI is InChI=1S/C21H17F8N3OS/c1-13-2-8-16(9-3-13)32-12-34-17(30-11-19(22,23)24)31(18(32)33)10-14-4-6-15(7-5-14)20(25,26)21(27,28)29/h2-9H,10-12H2,1H3. The number of benzene rings is 2. The number of alkyl halides is 8. The van der Waals surface area contributed by atoms with E-state index in [1.54, 1.807) is 24.3 Å². The van der Waals surface area contributed by atoms with Crippen molar-refractivity contribution in [2.45, 2.75) is 31.7 Å². The Hall–Kier alpha value is -2.83. The lowest BCUT2D eigenvalue weighted by molar-refractivity contribution is -0.289. The van der Waals surface area contributed by atoms with Crippen LogP contribution in [0.1, 0.15) is 16.7 Å². The molecule has 0 atom stereocenters. The van der Waals surface area contributed by atoms with Crippen molar-refractivity contribution in [3.8, 4) is 0 Å². The summed E-state index contributed by atoms with van der Waals surface area (Å²) in [6, 6.07) is 9.11. The SMILES string of the molecule is Cc1ccc(N2CSC(=NCC(F)(F)F)N(Cc3ccc(C(F)(F)C(F)(F)F)cc3)C2=O)cc1. The molecule has 1 aliphatic heterocycles. The van der Waals surface area contributed by atoms with E-state index in [0.29, 0.717) is 17.8 Å². The lowest BCUT2D eigenvalue weighted by Crippen LogP contribution is -2.50. The summed E-state index contributed by atoms with van der Waals surface area (Å²) in [5, 5.41) is -0.240. The molecule has 1 saturated heterocycles. The third kappa shape index (κ3) is 5.80. The third-order valence-electron chi connectivity index (χ3n) is 4.77. The van der Waals surface area contributed by atoms with E-state index in [4.69, 9.17) is 0 Å². The van der Waals surface area contributed by atoms with E-state index < -0.39 is 36.4 Å². The van der Waals surface area contributed by atoms with Crippen LogP contribution < -0.4 is 4.90 Å². The number of rotatable bonds is 5. The minimum atomic E-state index is -5.79. The molecule has 0 aromatic heterocycles. The molecule has 0 radical (unpaired) electrons. The highest BCUT2D eigenvalue weighted by atomic mass is 32.2. The van der Waals surface area contributed by atoms with Crippen molar-refractivity contribution in [3.05, 3.63) is 65.2 Å². The summed E-state index contributed by atoms with van der Waals surface area (Å²) in [4.78, 5) is 18.8. The van der Waals surface area contributed by atoms with E-state index >= 15 is 0 Å². The molecule has 0 aliphatic carbocycles. The number of anilines is 1. The average Bonchev–Trinajstić information content (AvgIpc) is 2.74. The topological polar surface area (TPSA) is 35.9 Å². The van der Waals surface area contributed by atoms with Gasteiger partial charge in [-0.3, -0.25) is 14.8 Å². The zero-order valence-electron chi connectivity index (χ0n) is 17.4. The molecule has 34 heavy (non-hydrogen) atoms. The quantitative estimate of drug-likeness (QED) is 0.419. The van der Waals surface area contributed by atoms with Crippen molar-refractivity contribution in [2.75, 3.05) is 17.3 Å². The van der Waals surface area contributed by atoms with E-state index in [0.717, 1.165) is 34.4 Å². The minimum Gasteiger partial charge on any atom is -0.284 e. The number of carbonyl (C=O) groups excluding carboxylic acids is 1. The second-order valence-corrected chi connectivity index (χ2v) is 8.30. The normalized spacial score (nSPS) is 17.0. The first-order chi connectivity index (χ1) is 15.7. The van der Waals surface area contributed by atoms with Gasteiger partial charge in [0.05, 0.1) is 12.4 Å². The highest BCUT2D eigenvalue weighted by molar-refractivity contribution is 8.14. The number of aliphatic imine (C=N–C) groups is 1. The first kappa shape index (κ1) is 25.8. The summed E-state index contributed by atoms with van der Waals surface area (Å²) in [5.41, 5.74) is 0.223. The number of amides is 2. The number of halogens is 8. The zero-order chi connectivity index (χ0) is 25.3. The number of hydrogen-bond donors (Lipinski definition) is 0. The molecular weight excluding hydrogens is 494 g/mol. The van der Waals surface area contributed by atoms with Crippen molar-refractivity contribution in [1.82, 2.24) is 4.90 Å². The second-order valence-electron chi connectivity index (χ2n) is 7.39. The van der Waals surface area contributed by atoms with Gasteiger partial charge < -0.3 is 0 Å². The molecule has 2 aromatic rings. The van der Waals surface area contributed by atoms with Crippen LogP contribution in [0.25, 0.3) is 0 Å². The number of amidine groups is 1. The van der Waals surface area contributed by atoms with Crippen molar-refractivity contribution in [2.24, 2.45) is 4.99 Å². The molecule has 2 aromatic carbocycles. The number of aryl methyl sites for hydroxylation is 1. The van der Waals surface area contributed by atoms with Crippen LogP contribution in [0.15, 0.2) is 53.5 Å². The average molecular weight is 511 g/mol. The van der Waals surface area contributed by atoms with Crippen LogP contribution >= 0.6 is 11.8 Å². The minimum absolute atomic E-state index is 0.0220. The molecule has 1 aliphatic rings. The number of urea groups is 1. The summed E-state index contributed by atoms with van der Waals surface area (Å²) < 4.78 is 103. The summed E-state index contributed by atoms with van der Waals surface area (Å²) >= 11 is 0.865. The van der Waals surface area contributed by atoms with Crippen LogP contribution in [0.2, 0.25) is 0 Å². The maximum absolute atomic E-state index is 13.5. The van der Waals surface area contributed by atoms with Crippen LogP contribution in [0.3, 0.4) is 0 Å². The first-order valence-corrected chi connectivity index (χ1v) is 10.6. The van der Waals surface area contributed by atoms with Gasteiger partial charge >= 0.3 is 24.3 Å². The Kier molecular flexibility index (Phi) is 7.15. The Bertz CT molecular complexity index is 1050. The van der Waals surface area contributed by atoms with Gasteiger partial charge in [0.25, 0.3) is 0 Å². The zero-order valence-corrected chi connectivity index (χ0v) is 18.2. The van der Waals surface area contributed by atoms with Gasteiger partial charge in [-0.25, -0.2) is 4.79 Å². The lowest BCUT2D eigenvalue weighted by Gasteiger charge is -2.36. The summed E-state index contributed by atoms with van der Waals surface area (Å²) in [6.45, 7) is -0.0973. The van der Waals surface area contributed by atoms with Crippen molar-refractivity contribution in [1.29, 1.82) is 0 Å². The van der Waals surface area contributed by atoms with Gasteiger partial charge in [0.15, 0.2) is 5.17 Å². The van der Waals surface area contributed by atoms with E-state index in [1.165, 1.54) is 4.90 Å². The molecule has 0 bridgehead atoms. The summed E-state index contributed by atoms with van der Waals surface area (Å²) in [7, 11) is 0. The molecular formula is C21H17F8N3OS. The fourth-order valence-corrected chi connectivity index (χ4v) is 3.94. The van der Waals surface area contributed by atoms with Gasteiger partial charge in [0, 0.05) is 11.3 Å². The molecule has 1 heterocycles. The maximum atomic E-state index is 13.5. The van der Waals surface area contributed by atoms with Gasteiger partial charge in [-0.1, -0.05) is 53.7 Å². The molecule has 0 saturated carbocycles. The van der Waals surface area contributed by atoms with E-state index in [9.17, 15) is 39.9 Å². The van der Waals surface area contributed by atoms with Crippen LogP contribution in [0, 0.1) is 6.92 Å². The van der Waals surface area contributed by atoms with Crippen molar-refractivity contribution in [3.63, 3.8) is 0 Å². The Labute approximate surface area is 193 Å². The monoisotopic (exact) mass is 511 g/mol. The van der Waals surface area contributed by atoms with Gasteiger partial charge in [0.2, 0.25) is 0 Å². The number of thioether (sulfide) groups is 1. The van der Waals surface area contributed by atoms with Gasteiger partial charge in [0.1, 0.15) is 6.54 Å². The van der Waals surface area contributed by atoms with Crippen LogP contribution in [0.4, 0.5) is 45.6 Å². The predicted octanol–water partition coefficient (Wildman–Crippen LogP) is 6.70. The highest BCUT2D eigenvalue weighted by Gasteiger charge is 2.58. The summed E-state index contributed by atoms with van der Waals surface area (Å²) in [6.07, 6.45) is -10.4. The van der Waals surface area contributed by atoms with Crippen LogP contribution in [-0.4, -0.2) is 40.9 Å². The Morgan fingerprint density at radius 2 is 1.50 bits per heavy atom. The maximum Gasteiger partial charge on any atom is 0.458 e. The van der Waals surface area contributed by atoms with Crippen LogP contribution in [0.5, 0.6) is 0 Å². The van der Waals surface area contributed by atoms with E-state index in [-0.39, 0.29) is 23.2 Å². The number of hydrogen-bond acceptors (Lipinski definition) is 3. The molecule has 3 rings (SSSR count). The predicted molar refractivity (Wildman–Crippen MR) is 112 cm³/mol. The van der Waals surface area contributed by atoms with Crippen LogP contribution in [-0.2, 0) is 12.5 Å². The Morgan fingerprint density at radius 3 is 2.03 bits per heavy atom. The molecule has 0 unspecified atom stereocenters. The second kappa shape index (κ2) is 9.43. The Balaban J connectivity index is 1.89. The molecule has 0 N–H and O–H groups in total. The first-order valence-electron chi connectivity index (χ1n) is 9.63. The van der Waals surface area contributed by atoms with E-state index in [2.05, 4.69) is 4.99 Å². The van der Waals surface area contributed by atoms with Gasteiger partial charge in [-0.2, -0.15) is 35.1 Å². The summed E-state index contributed by atoms with van der Waals surface area (Å²) in [5.74, 6) is -5.10. The van der Waals surface area contributed by atoms with Crippen molar-refractivity contribution >= 4 is 28.6 Å². The molecule has 1 fully saturated rings. The number of nitrogens with zero attached hydrogens (tertiary/aromatic N) is 3. The molecule has 13 heteroatoms. The highest BCUT2D eigenvalue weighted by Crippen LogP contribution is 2.43. The fraction of sp³-hybridized carbons (Fsp3) is 0.333. The van der Waals surface area contributed by atoms with Gasteiger partial charge in [-0.05, 0) is 24.6 Å². The fourth-order valence-electron chi connectivity index (χ4n) is 2.98. The molecule has 0 spiro atoms. The largest absolute Gasteiger partial charge is 0.458 e. The van der Waals surface area contributed by atoms with Gasteiger partial charge in [-0.15, -0.1) is 0 Å². The molecule has 2 amide bonds. The smallest absolute Gasteiger partial charge is 0.284 e. The third-order valence-corrected chi connectivity index (χ3v) is 5.76. The number of carbonyl (C=O) groups is 1. The lowest BCUT2D eigenvalue weighted by atomic mass is 10.1. The molecule has 184 valence electrons. The Morgan fingerprint density at radius 1 is 0.912 bits per heavy atom. The van der Waals surface area contributed by atoms with E-state index in [1.807, 2.05) is 6.92 Å². The van der Waals surface area contributed by atoms with Crippen molar-refractivity contribution < 1.29 is 39.9 Å².